The highest BCUT2D eigenvalue weighted by molar-refractivity contribution is 8.00. The van der Waals surface area contributed by atoms with Gasteiger partial charge in [0, 0.05) is 0 Å². The molecular formula is C6H8N2O4S. The van der Waals surface area contributed by atoms with Crippen LogP contribution in [0.15, 0.2) is 0 Å². The molecular weight excluding hydrogens is 196 g/mol. The van der Waals surface area contributed by atoms with E-state index in [4.69, 9.17) is 10.8 Å². The Morgan fingerprint density at radius 3 is 3.08 bits per heavy atom. The zero-order valence-electron chi connectivity index (χ0n) is 6.54. The Morgan fingerprint density at radius 1 is 1.77 bits per heavy atom. The minimum Gasteiger partial charge on any atom is -0.450 e. The quantitative estimate of drug-likeness (QED) is 0.431. The summed E-state index contributed by atoms with van der Waals surface area (Å²) < 4.78 is 4.51. The highest BCUT2D eigenvalue weighted by Crippen LogP contribution is 2.38. The second-order valence-corrected chi connectivity index (χ2v) is 3.98. The van der Waals surface area contributed by atoms with Crippen LogP contribution in [0.4, 0.5) is 4.79 Å². The van der Waals surface area contributed by atoms with Gasteiger partial charge in [-0.15, -0.1) is 11.8 Å². The summed E-state index contributed by atoms with van der Waals surface area (Å²) in [7, 11) is 0. The summed E-state index contributed by atoms with van der Waals surface area (Å²) in [5.74, 6) is 0.234. The second-order valence-electron chi connectivity index (χ2n) is 2.83. The van der Waals surface area contributed by atoms with E-state index < -0.39 is 18.4 Å². The Hall–Kier alpha value is -0.950. The molecule has 2 unspecified atom stereocenters. The molecule has 1 amide bonds. The number of ether oxygens (including phenoxy) is 1. The van der Waals surface area contributed by atoms with E-state index >= 15 is 0 Å². The van der Waals surface area contributed by atoms with Gasteiger partial charge in [-0.05, 0) is 0 Å². The number of hydrogen-bond donors (Lipinski definition) is 2. The van der Waals surface area contributed by atoms with Crippen LogP contribution in [0, 0.1) is 0 Å². The Kier molecular flexibility index (Phi) is 1.85. The number of nitrogens with two attached hydrogens (primary N) is 1. The first kappa shape index (κ1) is 8.64. The fraction of sp³-hybridized carbons (Fsp3) is 0.667. The van der Waals surface area contributed by atoms with Gasteiger partial charge in [0.25, 0.3) is 0 Å². The topological polar surface area (TPSA) is 92.9 Å². The first-order valence-electron chi connectivity index (χ1n) is 3.70. The number of thioether (sulfide) groups is 1. The van der Waals surface area contributed by atoms with Gasteiger partial charge in [0.05, 0.1) is 5.75 Å². The molecule has 0 bridgehead atoms. The highest BCUT2D eigenvalue weighted by atomic mass is 32.2. The van der Waals surface area contributed by atoms with Gasteiger partial charge in [0.15, 0.2) is 6.23 Å². The van der Waals surface area contributed by atoms with Crippen molar-refractivity contribution in [3.63, 3.8) is 0 Å². The Labute approximate surface area is 78.0 Å². The number of hydrogen-bond acceptors (Lipinski definition) is 5. The maximum atomic E-state index is 11.1. The molecule has 2 saturated heterocycles. The predicted molar refractivity (Wildman–Crippen MR) is 44.0 cm³/mol. The number of carboxylic acid groups (broad SMARTS) is 1. The molecule has 0 aliphatic carbocycles. The van der Waals surface area contributed by atoms with Crippen LogP contribution >= 0.6 is 11.8 Å². The summed E-state index contributed by atoms with van der Waals surface area (Å²) in [5, 5.41) is 8.25. The maximum absolute atomic E-state index is 11.1. The van der Waals surface area contributed by atoms with Crippen LogP contribution in [-0.4, -0.2) is 45.5 Å². The maximum Gasteiger partial charge on any atom is 0.507 e. The summed E-state index contributed by atoms with van der Waals surface area (Å²) in [4.78, 5) is 22.7. The first-order valence-corrected chi connectivity index (χ1v) is 4.75. The van der Waals surface area contributed by atoms with Crippen LogP contribution in [0.25, 0.3) is 0 Å². The van der Waals surface area contributed by atoms with Crippen LogP contribution in [0.1, 0.15) is 0 Å². The van der Waals surface area contributed by atoms with Gasteiger partial charge in [0.1, 0.15) is 11.4 Å². The standard InChI is InChI=1S/C6H8N2O4S/c7-3-4(9)8-2(12-6(10)11)1-13-5(3)8/h2-3,5H,1,7H2,(H,10,11)/t2?,3?,5-/m0/s1. The van der Waals surface area contributed by atoms with Gasteiger partial charge >= 0.3 is 6.16 Å². The molecule has 6 nitrogen and oxygen atoms in total. The average molecular weight is 204 g/mol. The summed E-state index contributed by atoms with van der Waals surface area (Å²) in [6, 6.07) is -0.493. The van der Waals surface area contributed by atoms with E-state index in [-0.39, 0.29) is 11.3 Å². The monoisotopic (exact) mass is 204 g/mol. The van der Waals surface area contributed by atoms with Crippen LogP contribution in [-0.2, 0) is 9.53 Å². The van der Waals surface area contributed by atoms with E-state index in [1.54, 1.807) is 0 Å². The number of carbonyl (C=O) groups excluding carboxylic acids is 1. The minimum absolute atomic E-state index is 0.100. The fourth-order valence-corrected chi connectivity index (χ4v) is 2.78. The summed E-state index contributed by atoms with van der Waals surface area (Å²) in [6.45, 7) is 0. The number of carbonyl (C=O) groups is 2. The summed E-state index contributed by atoms with van der Waals surface area (Å²) in [5.41, 5.74) is 5.49. The Bertz CT molecular complexity index is 271. The molecule has 0 aromatic carbocycles. The molecule has 0 saturated carbocycles. The molecule has 2 aliphatic heterocycles. The fourth-order valence-electron chi connectivity index (χ4n) is 1.47. The SMILES string of the molecule is NC1C(=O)N2C(OC(=O)O)CS[C@@H]12. The number of β-lactam (4-membered cyclic amide) rings is 1. The van der Waals surface area contributed by atoms with Crippen molar-refractivity contribution in [3.8, 4) is 0 Å². The smallest absolute Gasteiger partial charge is 0.450 e. The molecule has 3 atom stereocenters. The molecule has 72 valence electrons. The molecule has 2 aliphatic rings. The van der Waals surface area contributed by atoms with Crippen molar-refractivity contribution in [3.05, 3.63) is 0 Å². The van der Waals surface area contributed by atoms with E-state index in [0.717, 1.165) is 0 Å². The van der Waals surface area contributed by atoms with E-state index in [2.05, 4.69) is 4.74 Å². The molecule has 2 rings (SSSR count). The van der Waals surface area contributed by atoms with Gasteiger partial charge in [-0.25, -0.2) is 4.79 Å². The van der Waals surface area contributed by atoms with Crippen molar-refractivity contribution in [1.82, 2.24) is 4.90 Å². The largest absolute Gasteiger partial charge is 0.507 e. The molecule has 0 spiro atoms. The normalized spacial score (nSPS) is 36.8. The van der Waals surface area contributed by atoms with Crippen LogP contribution in [0.5, 0.6) is 0 Å². The molecule has 2 fully saturated rings. The van der Waals surface area contributed by atoms with E-state index in [1.165, 1.54) is 16.7 Å². The molecule has 3 N–H and O–H groups in total. The van der Waals surface area contributed by atoms with E-state index in [0.29, 0.717) is 5.75 Å². The molecule has 0 aromatic rings. The van der Waals surface area contributed by atoms with Crippen molar-refractivity contribution in [2.45, 2.75) is 17.6 Å². The van der Waals surface area contributed by atoms with Crippen molar-refractivity contribution in [1.29, 1.82) is 0 Å². The van der Waals surface area contributed by atoms with E-state index in [1.807, 2.05) is 0 Å². The third-order valence-electron chi connectivity index (χ3n) is 2.08. The lowest BCUT2D eigenvalue weighted by Gasteiger charge is -2.41. The third kappa shape index (κ3) is 1.15. The van der Waals surface area contributed by atoms with Crippen molar-refractivity contribution < 1.29 is 19.4 Å². The second kappa shape index (κ2) is 2.78. The zero-order valence-corrected chi connectivity index (χ0v) is 7.36. The van der Waals surface area contributed by atoms with E-state index in [9.17, 15) is 9.59 Å². The Balaban J connectivity index is 2.02. The summed E-state index contributed by atoms with van der Waals surface area (Å²) >= 11 is 1.45. The van der Waals surface area contributed by atoms with Crippen molar-refractivity contribution >= 4 is 23.8 Å². The zero-order chi connectivity index (χ0) is 9.59. The number of nitrogens with zero attached hydrogens (tertiary/aromatic N) is 1. The summed E-state index contributed by atoms with van der Waals surface area (Å²) in [6.07, 6.45) is -2.01. The lowest BCUT2D eigenvalue weighted by atomic mass is 10.1. The molecule has 13 heavy (non-hydrogen) atoms. The Morgan fingerprint density at radius 2 is 2.46 bits per heavy atom. The number of fused-ring (bicyclic) bond motifs is 1. The first-order chi connectivity index (χ1) is 6.11. The van der Waals surface area contributed by atoms with Crippen LogP contribution < -0.4 is 5.73 Å². The van der Waals surface area contributed by atoms with Gasteiger partial charge in [-0.2, -0.15) is 0 Å². The highest BCUT2D eigenvalue weighted by Gasteiger charge is 2.54. The van der Waals surface area contributed by atoms with Crippen LogP contribution in [0.3, 0.4) is 0 Å². The molecule has 0 aromatic heterocycles. The minimum atomic E-state index is -1.36. The van der Waals surface area contributed by atoms with Crippen molar-refractivity contribution in [2.75, 3.05) is 5.75 Å². The van der Waals surface area contributed by atoms with Gasteiger partial charge in [-0.3, -0.25) is 9.69 Å². The lowest BCUT2D eigenvalue weighted by Crippen LogP contribution is -2.67. The van der Waals surface area contributed by atoms with Gasteiger partial charge in [0.2, 0.25) is 5.91 Å². The molecule has 7 heteroatoms. The van der Waals surface area contributed by atoms with Crippen LogP contribution in [0.2, 0.25) is 0 Å². The third-order valence-corrected chi connectivity index (χ3v) is 3.42. The molecule has 2 heterocycles. The van der Waals surface area contributed by atoms with Gasteiger partial charge < -0.3 is 15.6 Å². The lowest BCUT2D eigenvalue weighted by molar-refractivity contribution is -0.156. The molecule has 0 radical (unpaired) electrons. The predicted octanol–water partition coefficient (Wildman–Crippen LogP) is -0.750. The number of rotatable bonds is 1. The van der Waals surface area contributed by atoms with Gasteiger partial charge in [-0.1, -0.05) is 0 Å². The number of amides is 1. The average Bonchev–Trinajstić information content (AvgIpc) is 2.43. The van der Waals surface area contributed by atoms with Crippen molar-refractivity contribution in [2.24, 2.45) is 5.73 Å².